The second-order valence-corrected chi connectivity index (χ2v) is 6.31. The average molecular weight is 290 g/mol. The molecule has 21 heavy (non-hydrogen) atoms. The van der Waals surface area contributed by atoms with Gasteiger partial charge in [-0.3, -0.25) is 0 Å². The van der Waals surface area contributed by atoms with E-state index in [2.05, 4.69) is 57.7 Å². The Morgan fingerprint density at radius 3 is 2.43 bits per heavy atom. The molecule has 0 aliphatic heterocycles. The zero-order valence-electron chi connectivity index (χ0n) is 14.7. The van der Waals surface area contributed by atoms with Gasteiger partial charge in [0.25, 0.3) is 0 Å². The minimum atomic E-state index is 0.260. The van der Waals surface area contributed by atoms with Crippen molar-refractivity contribution in [1.82, 2.24) is 0 Å². The smallest absolute Gasteiger partial charge is 0.0401 e. The number of hydrogen-bond donors (Lipinski definition) is 1. The summed E-state index contributed by atoms with van der Waals surface area (Å²) in [7, 11) is 0. The van der Waals surface area contributed by atoms with E-state index in [1.807, 2.05) is 0 Å². The maximum atomic E-state index is 6.21. The van der Waals surface area contributed by atoms with Crippen LogP contribution in [-0.4, -0.2) is 18.6 Å². The summed E-state index contributed by atoms with van der Waals surface area (Å²) >= 11 is 0. The van der Waals surface area contributed by atoms with Crippen LogP contribution in [-0.2, 0) is 6.42 Å². The molecular weight excluding hydrogens is 256 g/mol. The molecule has 0 aliphatic carbocycles. The molecule has 0 aromatic heterocycles. The quantitative estimate of drug-likeness (QED) is 0.715. The first-order chi connectivity index (χ1) is 10.0. The van der Waals surface area contributed by atoms with Gasteiger partial charge in [-0.05, 0) is 51.2 Å². The number of unbranched alkanes of at least 4 members (excludes halogenated alkanes) is 1. The highest BCUT2D eigenvalue weighted by Gasteiger charge is 2.17. The highest BCUT2D eigenvalue weighted by atomic mass is 15.2. The van der Waals surface area contributed by atoms with Crippen LogP contribution in [0, 0.1) is 6.92 Å². The Morgan fingerprint density at radius 2 is 1.86 bits per heavy atom. The number of rotatable bonds is 9. The molecule has 0 fully saturated rings. The van der Waals surface area contributed by atoms with Crippen LogP contribution in [0.4, 0.5) is 5.69 Å². The summed E-state index contributed by atoms with van der Waals surface area (Å²) in [6.07, 6.45) is 5.68. The molecule has 0 amide bonds. The topological polar surface area (TPSA) is 29.3 Å². The first-order valence-electron chi connectivity index (χ1n) is 8.65. The van der Waals surface area contributed by atoms with E-state index in [0.29, 0.717) is 6.04 Å². The van der Waals surface area contributed by atoms with Gasteiger partial charge in [-0.25, -0.2) is 0 Å². The van der Waals surface area contributed by atoms with Gasteiger partial charge in [0.2, 0.25) is 0 Å². The maximum Gasteiger partial charge on any atom is 0.0401 e. The van der Waals surface area contributed by atoms with Crippen LogP contribution in [0.15, 0.2) is 18.2 Å². The van der Waals surface area contributed by atoms with Crippen LogP contribution in [0.3, 0.4) is 0 Å². The number of nitrogens with zero attached hydrogens (tertiary/aromatic N) is 1. The third-order valence-electron chi connectivity index (χ3n) is 4.43. The predicted molar refractivity (Wildman–Crippen MR) is 95.2 cm³/mol. The van der Waals surface area contributed by atoms with Crippen molar-refractivity contribution in [3.8, 4) is 0 Å². The molecule has 0 bridgehead atoms. The van der Waals surface area contributed by atoms with Crippen molar-refractivity contribution in [3.63, 3.8) is 0 Å². The lowest BCUT2D eigenvalue weighted by atomic mass is 9.99. The number of aryl methyl sites for hydroxylation is 1. The third kappa shape index (κ3) is 5.35. The second kappa shape index (κ2) is 9.09. The second-order valence-electron chi connectivity index (χ2n) is 6.31. The summed E-state index contributed by atoms with van der Waals surface area (Å²) in [5, 5.41) is 0. The largest absolute Gasteiger partial charge is 0.369 e. The minimum absolute atomic E-state index is 0.260. The summed E-state index contributed by atoms with van der Waals surface area (Å²) in [6.45, 7) is 12.4. The molecule has 2 nitrogen and oxygen atoms in total. The van der Waals surface area contributed by atoms with Crippen molar-refractivity contribution < 1.29 is 0 Å². The van der Waals surface area contributed by atoms with Gasteiger partial charge >= 0.3 is 0 Å². The Labute approximate surface area is 131 Å². The molecule has 1 rings (SSSR count). The van der Waals surface area contributed by atoms with Crippen LogP contribution in [0.25, 0.3) is 0 Å². The highest BCUT2D eigenvalue weighted by Crippen LogP contribution is 2.26. The first kappa shape index (κ1) is 18.0. The lowest BCUT2D eigenvalue weighted by molar-refractivity contribution is 0.588. The summed E-state index contributed by atoms with van der Waals surface area (Å²) < 4.78 is 0. The molecule has 0 radical (unpaired) electrons. The molecular formula is C19H34N2. The van der Waals surface area contributed by atoms with Crippen molar-refractivity contribution in [2.45, 2.75) is 78.8 Å². The Hall–Kier alpha value is -1.02. The number of nitrogens with two attached hydrogens (primary N) is 1. The average Bonchev–Trinajstić information content (AvgIpc) is 2.48. The number of hydrogen-bond acceptors (Lipinski definition) is 2. The van der Waals surface area contributed by atoms with E-state index in [4.69, 9.17) is 5.73 Å². The zero-order chi connectivity index (χ0) is 15.8. The Morgan fingerprint density at radius 1 is 1.14 bits per heavy atom. The van der Waals surface area contributed by atoms with Gasteiger partial charge in [-0.1, -0.05) is 44.9 Å². The number of benzene rings is 1. The Bertz CT molecular complexity index is 414. The molecule has 120 valence electrons. The predicted octanol–water partition coefficient (Wildman–Crippen LogP) is 4.68. The zero-order valence-corrected chi connectivity index (χ0v) is 14.7. The number of anilines is 1. The van der Waals surface area contributed by atoms with Crippen molar-refractivity contribution in [2.75, 3.05) is 11.4 Å². The van der Waals surface area contributed by atoms with E-state index >= 15 is 0 Å². The standard InChI is InChI=1S/C19H34N2/c1-6-9-12-21(16(5)7-2)19-11-10-15(4)13-17(19)14-18(20)8-3/h10-11,13,16,18H,6-9,12,14,20H2,1-5H3. The van der Waals surface area contributed by atoms with Gasteiger partial charge in [-0.2, -0.15) is 0 Å². The van der Waals surface area contributed by atoms with E-state index in [9.17, 15) is 0 Å². The van der Waals surface area contributed by atoms with Crippen LogP contribution >= 0.6 is 0 Å². The van der Waals surface area contributed by atoms with Crippen LogP contribution in [0.1, 0.15) is 64.5 Å². The molecule has 1 aromatic carbocycles. The fourth-order valence-corrected chi connectivity index (χ4v) is 2.71. The summed E-state index contributed by atoms with van der Waals surface area (Å²) in [5.74, 6) is 0. The van der Waals surface area contributed by atoms with Gasteiger partial charge in [0.05, 0.1) is 0 Å². The third-order valence-corrected chi connectivity index (χ3v) is 4.43. The monoisotopic (exact) mass is 290 g/mol. The molecule has 2 N–H and O–H groups in total. The summed E-state index contributed by atoms with van der Waals surface area (Å²) in [6, 6.07) is 7.70. The molecule has 0 spiro atoms. The van der Waals surface area contributed by atoms with Crippen LogP contribution in [0.2, 0.25) is 0 Å². The molecule has 1 aromatic rings. The van der Waals surface area contributed by atoms with Crippen molar-refractivity contribution in [2.24, 2.45) is 5.73 Å². The molecule has 0 saturated heterocycles. The lowest BCUT2D eigenvalue weighted by Crippen LogP contribution is -2.35. The van der Waals surface area contributed by atoms with Gasteiger partial charge in [0.15, 0.2) is 0 Å². The molecule has 2 heteroatoms. The molecule has 2 unspecified atom stereocenters. The normalized spacial score (nSPS) is 14.0. The molecule has 0 heterocycles. The summed E-state index contributed by atoms with van der Waals surface area (Å²) in [4.78, 5) is 2.58. The van der Waals surface area contributed by atoms with Crippen molar-refractivity contribution in [1.29, 1.82) is 0 Å². The van der Waals surface area contributed by atoms with Gasteiger partial charge in [-0.15, -0.1) is 0 Å². The van der Waals surface area contributed by atoms with Crippen LogP contribution < -0.4 is 10.6 Å². The fraction of sp³-hybridized carbons (Fsp3) is 0.684. The fourth-order valence-electron chi connectivity index (χ4n) is 2.71. The molecule has 2 atom stereocenters. The van der Waals surface area contributed by atoms with Crippen LogP contribution in [0.5, 0.6) is 0 Å². The van der Waals surface area contributed by atoms with E-state index < -0.39 is 0 Å². The minimum Gasteiger partial charge on any atom is -0.369 e. The lowest BCUT2D eigenvalue weighted by Gasteiger charge is -2.33. The first-order valence-corrected chi connectivity index (χ1v) is 8.65. The maximum absolute atomic E-state index is 6.21. The molecule has 0 aliphatic rings. The summed E-state index contributed by atoms with van der Waals surface area (Å²) in [5.41, 5.74) is 10.4. The Kier molecular flexibility index (Phi) is 7.81. The van der Waals surface area contributed by atoms with Crippen molar-refractivity contribution in [3.05, 3.63) is 29.3 Å². The van der Waals surface area contributed by atoms with E-state index in [1.54, 1.807) is 0 Å². The SMILES string of the molecule is CCCCN(c1ccc(C)cc1CC(N)CC)C(C)CC. The van der Waals surface area contributed by atoms with Gasteiger partial charge < -0.3 is 10.6 Å². The van der Waals surface area contributed by atoms with E-state index in [0.717, 1.165) is 19.4 Å². The Balaban J connectivity index is 3.10. The van der Waals surface area contributed by atoms with Gasteiger partial charge in [0.1, 0.15) is 0 Å². The van der Waals surface area contributed by atoms with Gasteiger partial charge in [0, 0.05) is 24.3 Å². The van der Waals surface area contributed by atoms with E-state index in [-0.39, 0.29) is 6.04 Å². The van der Waals surface area contributed by atoms with E-state index in [1.165, 1.54) is 36.1 Å². The highest BCUT2D eigenvalue weighted by molar-refractivity contribution is 5.56. The molecule has 0 saturated carbocycles. The van der Waals surface area contributed by atoms with Crippen molar-refractivity contribution >= 4 is 5.69 Å².